The van der Waals surface area contributed by atoms with Crippen molar-refractivity contribution in [2.45, 2.75) is 120 Å². The summed E-state index contributed by atoms with van der Waals surface area (Å²) in [6, 6.07) is 9.95. The minimum absolute atomic E-state index is 1.11. The van der Waals surface area contributed by atoms with E-state index in [1.54, 1.807) is 10.4 Å². The molecule has 0 aliphatic rings. The maximum absolute atomic E-state index is 3.29. The Hall–Kier alpha value is -0.659. The van der Waals surface area contributed by atoms with Crippen molar-refractivity contribution in [1.82, 2.24) is 7.79 Å². The van der Waals surface area contributed by atoms with Gasteiger partial charge in [0.2, 0.25) is 0 Å². The van der Waals surface area contributed by atoms with Crippen LogP contribution in [0.1, 0.15) is 33.4 Å². The fourth-order valence-corrected chi connectivity index (χ4v) is 59.4. The maximum Gasteiger partial charge on any atom is 0.146 e. The molecule has 0 spiro atoms. The smallest absolute Gasteiger partial charge is 0.146 e. The number of benzene rings is 2. The summed E-state index contributed by atoms with van der Waals surface area (Å²) in [5.41, 5.74) is 8.95. The molecule has 0 N–H and O–H groups in total. The fourth-order valence-electron chi connectivity index (χ4n) is 7.13. The summed E-state index contributed by atoms with van der Waals surface area (Å²) in [5, 5.41) is 3.47. The molecular weight excluding hydrogens is 557 g/mol. The molecule has 0 unspecified atom stereocenters. The molecule has 0 bridgehead atoms. The highest BCUT2D eigenvalue weighted by atomic mass is 28.9. The van der Waals surface area contributed by atoms with Gasteiger partial charge in [-0.1, -0.05) is 114 Å². The Morgan fingerprint density at radius 2 is 0.579 bits per heavy atom. The molecule has 0 heterocycles. The second-order valence-electron chi connectivity index (χ2n) is 15.6. The average molecular weight is 615 g/mol. The highest BCUT2D eigenvalue weighted by Gasteiger charge is 2.44. The molecule has 8 heteroatoms. The molecule has 2 nitrogen and oxygen atoms in total. The molecule has 212 valence electrons. The molecule has 0 saturated carbocycles. The average Bonchev–Trinajstić information content (AvgIpc) is 2.60. The molecule has 38 heavy (non-hydrogen) atoms. The van der Waals surface area contributed by atoms with Crippen molar-refractivity contribution >= 4 is 59.4 Å². The van der Waals surface area contributed by atoms with E-state index in [4.69, 9.17) is 0 Å². The van der Waals surface area contributed by atoms with Crippen molar-refractivity contribution in [1.29, 1.82) is 0 Å². The van der Waals surface area contributed by atoms with E-state index in [1.807, 2.05) is 0 Å². The minimum atomic E-state index is -1.66. The summed E-state index contributed by atoms with van der Waals surface area (Å²) in [5.74, 6) is 0. The van der Waals surface area contributed by atoms with Crippen LogP contribution >= 0.6 is 0 Å². The number of aryl methyl sites for hydroxylation is 6. The topological polar surface area (TPSA) is 6.48 Å². The van der Waals surface area contributed by atoms with Crippen molar-refractivity contribution in [3.05, 3.63) is 57.6 Å². The quantitative estimate of drug-likeness (QED) is 0.282. The molecule has 0 amide bonds. The highest BCUT2D eigenvalue weighted by Crippen LogP contribution is 2.26. The van der Waals surface area contributed by atoms with Gasteiger partial charge in [-0.2, -0.15) is 0 Å². The third kappa shape index (κ3) is 7.34. The van der Waals surface area contributed by atoms with Crippen LogP contribution in [0.25, 0.3) is 0 Å². The second-order valence-corrected chi connectivity index (χ2v) is 43.6. The van der Waals surface area contributed by atoms with Crippen molar-refractivity contribution < 1.29 is 0 Å². The van der Waals surface area contributed by atoms with Gasteiger partial charge in [0.25, 0.3) is 0 Å². The van der Waals surface area contributed by atoms with Crippen LogP contribution in [0.15, 0.2) is 24.3 Å². The van der Waals surface area contributed by atoms with Crippen LogP contribution in [0.3, 0.4) is 0 Å². The molecule has 0 fully saturated rings. The summed E-state index contributed by atoms with van der Waals surface area (Å²) in [6.07, 6.45) is 0. The predicted molar refractivity (Wildman–Crippen MR) is 189 cm³/mol. The Labute approximate surface area is 243 Å². The van der Waals surface area contributed by atoms with Gasteiger partial charge in [-0.15, -0.1) is 0 Å². The molecule has 0 aromatic heterocycles. The Kier molecular flexibility index (Phi) is 9.99. The third-order valence-corrected chi connectivity index (χ3v) is 42.1. The first-order chi connectivity index (χ1) is 16.9. The van der Waals surface area contributed by atoms with E-state index in [-0.39, 0.29) is 0 Å². The second kappa shape index (κ2) is 11.3. The van der Waals surface area contributed by atoms with Crippen LogP contribution < -0.4 is 10.4 Å². The molecule has 0 atom stereocenters. The first-order valence-electron chi connectivity index (χ1n) is 14.4. The van der Waals surface area contributed by atoms with Gasteiger partial charge in [-0.05, 0) is 74.2 Å². The van der Waals surface area contributed by atoms with Crippen LogP contribution in [0.5, 0.6) is 0 Å². The zero-order chi connectivity index (χ0) is 29.8. The lowest BCUT2D eigenvalue weighted by atomic mass is 10.1. The van der Waals surface area contributed by atoms with Crippen LogP contribution in [0.2, 0.25) is 78.6 Å². The van der Waals surface area contributed by atoms with Gasteiger partial charge < -0.3 is 7.79 Å². The fraction of sp³-hybridized carbons (Fsp3) is 0.600. The van der Waals surface area contributed by atoms with Crippen LogP contribution in [0, 0.1) is 41.5 Å². The lowest BCUT2D eigenvalue weighted by Crippen LogP contribution is -2.75. The molecule has 0 saturated heterocycles. The lowest BCUT2D eigenvalue weighted by Gasteiger charge is -2.54. The van der Waals surface area contributed by atoms with E-state index in [2.05, 4.69) is 152 Å². The molecule has 0 aliphatic heterocycles. The molecule has 2 aromatic rings. The molecule has 2 rings (SSSR count). The standard InChI is InChI=1S/C30H58N2Si6/c1-23-19-25(3)29(26(4)20-23)33(31(35(7,8)9)36(10,11)12)34(32(37(13,14)15)38(16,17)18)30-27(5)21-24(2)22-28(30)6/h19-22H,1-18H3/b34-33-. The Morgan fingerprint density at radius 3 is 0.737 bits per heavy atom. The van der Waals surface area contributed by atoms with Crippen LogP contribution in [-0.2, 0) is 0 Å². The van der Waals surface area contributed by atoms with Crippen LogP contribution in [-0.4, -0.2) is 56.8 Å². The number of nitrogens with zero attached hydrogens (tertiary/aromatic N) is 2. The van der Waals surface area contributed by atoms with Gasteiger partial charge in [-0.3, -0.25) is 0 Å². The van der Waals surface area contributed by atoms with Crippen LogP contribution in [0.4, 0.5) is 0 Å². The summed E-state index contributed by atoms with van der Waals surface area (Å²) < 4.78 is 6.57. The molecule has 0 radical (unpaired) electrons. The van der Waals surface area contributed by atoms with Gasteiger partial charge in [-0.25, -0.2) is 0 Å². The minimum Gasteiger partial charge on any atom is -0.461 e. The SMILES string of the molecule is Cc1cc(C)c(/[Si](N([Si](C)(C)C)[Si](C)(C)C)=[Si](\c2c(C)cc(C)cc2C)N([Si](C)(C)C)[Si](C)(C)C)c(C)c1. The Balaban J connectivity index is 3.50. The summed E-state index contributed by atoms with van der Waals surface area (Å²) in [6.45, 7) is 45.9. The molecule has 2 aromatic carbocycles. The zero-order valence-electron chi connectivity index (χ0n) is 28.2. The largest absolute Gasteiger partial charge is 0.461 e. The Morgan fingerprint density at radius 1 is 0.395 bits per heavy atom. The number of hydrogen-bond donors (Lipinski definition) is 0. The first kappa shape index (κ1) is 33.5. The molecular formula is C30H58N2Si6. The van der Waals surface area contributed by atoms with E-state index in [1.165, 1.54) is 33.4 Å². The number of hydrogen-bond acceptors (Lipinski definition) is 2. The third-order valence-electron chi connectivity index (χ3n) is 7.18. The number of rotatable bonds is 8. The summed E-state index contributed by atoms with van der Waals surface area (Å²) in [7, 11) is -8.87. The first-order valence-corrected chi connectivity index (χ1v) is 32.1. The molecule has 0 aliphatic carbocycles. The normalized spacial score (nSPS) is 13.9. The zero-order valence-corrected chi connectivity index (χ0v) is 34.2. The van der Waals surface area contributed by atoms with Crippen molar-refractivity contribution in [2.24, 2.45) is 0 Å². The van der Waals surface area contributed by atoms with Gasteiger partial charge >= 0.3 is 0 Å². The summed E-state index contributed by atoms with van der Waals surface area (Å²) in [4.78, 5) is 0. The summed E-state index contributed by atoms with van der Waals surface area (Å²) >= 11 is 0. The van der Waals surface area contributed by atoms with E-state index < -0.39 is 49.0 Å². The van der Waals surface area contributed by atoms with Gasteiger partial charge in [0.15, 0.2) is 0 Å². The van der Waals surface area contributed by atoms with Crippen molar-refractivity contribution in [3.8, 4) is 0 Å². The maximum atomic E-state index is 3.29. The van der Waals surface area contributed by atoms with Crippen molar-refractivity contribution in [2.75, 3.05) is 0 Å². The van der Waals surface area contributed by atoms with E-state index in [0.717, 1.165) is 0 Å². The van der Waals surface area contributed by atoms with E-state index in [0.29, 0.717) is 0 Å². The van der Waals surface area contributed by atoms with Crippen molar-refractivity contribution in [3.63, 3.8) is 0 Å². The predicted octanol–water partition coefficient (Wildman–Crippen LogP) is 7.66. The van der Waals surface area contributed by atoms with E-state index in [9.17, 15) is 0 Å². The highest BCUT2D eigenvalue weighted by molar-refractivity contribution is 7.20. The lowest BCUT2D eigenvalue weighted by molar-refractivity contribution is 0.928. The monoisotopic (exact) mass is 614 g/mol. The van der Waals surface area contributed by atoms with Gasteiger partial charge in [0.05, 0.1) is 0 Å². The van der Waals surface area contributed by atoms with E-state index >= 15 is 0 Å². The van der Waals surface area contributed by atoms with Gasteiger partial charge in [0, 0.05) is 0 Å². The van der Waals surface area contributed by atoms with Gasteiger partial charge in [0.1, 0.15) is 49.0 Å². The Bertz CT molecular complexity index is 1050.